The number of rotatable bonds is 3. The first-order valence-corrected chi connectivity index (χ1v) is 16.9. The van der Waals surface area contributed by atoms with E-state index in [1.54, 1.807) is 0 Å². The Balaban J connectivity index is 1.61. The lowest BCUT2D eigenvalue weighted by Gasteiger charge is -2.26. The van der Waals surface area contributed by atoms with E-state index in [1.807, 2.05) is 0 Å². The van der Waals surface area contributed by atoms with Crippen LogP contribution in [0, 0.1) is 0 Å². The highest BCUT2D eigenvalue weighted by atomic mass is 14.9. The molecule has 238 valence electrons. The SMILES string of the molecule is CC(C)(C)c1cc(Nc2cc(-c3cc(C(C)(C)C)cc4c3[nH]c3ccc(C(C)(C)C)cc34)c3ccccc3c2)cc(C(C)(C)C)c1. The zero-order chi connectivity index (χ0) is 33.4. The van der Waals surface area contributed by atoms with Crippen LogP contribution >= 0.6 is 0 Å². The third-order valence-corrected chi connectivity index (χ3v) is 9.55. The van der Waals surface area contributed by atoms with Crippen molar-refractivity contribution in [2.75, 3.05) is 5.32 Å². The first kappa shape index (κ1) is 31.9. The fraction of sp³-hybridized carbons (Fsp3) is 0.364. The lowest BCUT2D eigenvalue weighted by molar-refractivity contribution is 0.569. The van der Waals surface area contributed by atoms with Gasteiger partial charge in [0.15, 0.2) is 0 Å². The molecule has 0 amide bonds. The second kappa shape index (κ2) is 10.8. The van der Waals surface area contributed by atoms with Crippen molar-refractivity contribution in [1.82, 2.24) is 4.98 Å². The molecule has 6 rings (SSSR count). The summed E-state index contributed by atoms with van der Waals surface area (Å²) in [5.41, 5.74) is 12.6. The Hall–Kier alpha value is -4.04. The number of fused-ring (bicyclic) bond motifs is 4. The molecule has 0 spiro atoms. The number of benzene rings is 5. The molecule has 0 bridgehead atoms. The molecule has 0 saturated heterocycles. The van der Waals surface area contributed by atoms with Crippen LogP contribution in [0.5, 0.6) is 0 Å². The second-order valence-electron chi connectivity index (χ2n) is 17.5. The van der Waals surface area contributed by atoms with Gasteiger partial charge in [-0.05, 0) is 109 Å². The number of nitrogens with one attached hydrogen (secondary N) is 2. The molecule has 0 aliphatic carbocycles. The normalized spacial score (nSPS) is 13.2. The molecule has 46 heavy (non-hydrogen) atoms. The van der Waals surface area contributed by atoms with Gasteiger partial charge in [0.1, 0.15) is 0 Å². The van der Waals surface area contributed by atoms with Gasteiger partial charge in [0.25, 0.3) is 0 Å². The number of anilines is 2. The van der Waals surface area contributed by atoms with E-state index in [9.17, 15) is 0 Å². The van der Waals surface area contributed by atoms with E-state index in [-0.39, 0.29) is 21.7 Å². The molecule has 1 heterocycles. The third kappa shape index (κ3) is 6.07. The number of aromatic amines is 1. The summed E-state index contributed by atoms with van der Waals surface area (Å²) >= 11 is 0. The van der Waals surface area contributed by atoms with Crippen LogP contribution in [-0.4, -0.2) is 4.98 Å². The molecule has 0 unspecified atom stereocenters. The van der Waals surface area contributed by atoms with Crippen molar-refractivity contribution >= 4 is 44.0 Å². The summed E-state index contributed by atoms with van der Waals surface area (Å²) < 4.78 is 0. The van der Waals surface area contributed by atoms with Gasteiger partial charge in [0.2, 0.25) is 0 Å². The first-order chi connectivity index (χ1) is 21.3. The molecule has 2 nitrogen and oxygen atoms in total. The Morgan fingerprint density at radius 2 is 0.978 bits per heavy atom. The summed E-state index contributed by atoms with van der Waals surface area (Å²) in [5.74, 6) is 0. The Morgan fingerprint density at radius 3 is 1.59 bits per heavy atom. The number of aromatic nitrogens is 1. The summed E-state index contributed by atoms with van der Waals surface area (Å²) in [5, 5.41) is 8.93. The summed E-state index contributed by atoms with van der Waals surface area (Å²) in [6.07, 6.45) is 0. The van der Waals surface area contributed by atoms with Gasteiger partial charge < -0.3 is 10.3 Å². The van der Waals surface area contributed by atoms with Crippen LogP contribution < -0.4 is 5.32 Å². The lowest BCUT2D eigenvalue weighted by Crippen LogP contribution is -2.16. The average Bonchev–Trinajstić information content (AvgIpc) is 3.32. The number of hydrogen-bond acceptors (Lipinski definition) is 1. The van der Waals surface area contributed by atoms with E-state index in [0.29, 0.717) is 0 Å². The molecule has 0 aliphatic rings. The Labute approximate surface area is 276 Å². The predicted octanol–water partition coefficient (Wildman–Crippen LogP) is 13.1. The first-order valence-electron chi connectivity index (χ1n) is 16.9. The highest BCUT2D eigenvalue weighted by Gasteiger charge is 2.23. The lowest BCUT2D eigenvalue weighted by atomic mass is 9.80. The van der Waals surface area contributed by atoms with E-state index in [4.69, 9.17) is 0 Å². The maximum atomic E-state index is 3.86. The Kier molecular flexibility index (Phi) is 7.47. The van der Waals surface area contributed by atoms with Crippen LogP contribution in [0.4, 0.5) is 11.4 Å². The predicted molar refractivity (Wildman–Crippen MR) is 203 cm³/mol. The van der Waals surface area contributed by atoms with Crippen molar-refractivity contribution in [3.63, 3.8) is 0 Å². The van der Waals surface area contributed by atoms with Crippen LogP contribution in [0.15, 0.2) is 84.9 Å². The number of H-pyrrole nitrogens is 1. The van der Waals surface area contributed by atoms with Gasteiger partial charge in [-0.25, -0.2) is 0 Å². The van der Waals surface area contributed by atoms with Crippen LogP contribution in [0.2, 0.25) is 0 Å². The van der Waals surface area contributed by atoms with Crippen molar-refractivity contribution in [2.45, 2.75) is 105 Å². The fourth-order valence-electron chi connectivity index (χ4n) is 6.45. The zero-order valence-electron chi connectivity index (χ0n) is 30.1. The van der Waals surface area contributed by atoms with Gasteiger partial charge in [-0.3, -0.25) is 0 Å². The molecule has 0 aliphatic heterocycles. The molecular formula is C44H52N2. The van der Waals surface area contributed by atoms with Crippen LogP contribution in [0.1, 0.15) is 105 Å². The molecule has 0 saturated carbocycles. The molecule has 2 heteroatoms. The van der Waals surface area contributed by atoms with Gasteiger partial charge in [0, 0.05) is 33.2 Å². The van der Waals surface area contributed by atoms with Crippen LogP contribution in [-0.2, 0) is 21.7 Å². The Morgan fingerprint density at radius 1 is 0.435 bits per heavy atom. The van der Waals surface area contributed by atoms with Crippen LogP contribution in [0.3, 0.4) is 0 Å². The fourth-order valence-corrected chi connectivity index (χ4v) is 6.45. The molecule has 5 aromatic carbocycles. The summed E-state index contributed by atoms with van der Waals surface area (Å²) in [6.45, 7) is 27.6. The average molecular weight is 609 g/mol. The summed E-state index contributed by atoms with van der Waals surface area (Å²) in [7, 11) is 0. The van der Waals surface area contributed by atoms with E-state index >= 15 is 0 Å². The van der Waals surface area contributed by atoms with E-state index < -0.39 is 0 Å². The molecular weight excluding hydrogens is 556 g/mol. The maximum absolute atomic E-state index is 3.86. The molecule has 0 atom stereocenters. The minimum Gasteiger partial charge on any atom is -0.355 e. The largest absolute Gasteiger partial charge is 0.355 e. The van der Waals surface area contributed by atoms with Crippen LogP contribution in [0.25, 0.3) is 43.7 Å². The minimum atomic E-state index is -0.00339. The highest BCUT2D eigenvalue weighted by molar-refractivity contribution is 6.15. The third-order valence-electron chi connectivity index (χ3n) is 9.55. The molecule has 6 aromatic rings. The van der Waals surface area contributed by atoms with Crippen molar-refractivity contribution in [3.8, 4) is 11.1 Å². The molecule has 2 N–H and O–H groups in total. The summed E-state index contributed by atoms with van der Waals surface area (Å²) in [4.78, 5) is 3.86. The molecule has 1 aromatic heterocycles. The maximum Gasteiger partial charge on any atom is 0.0544 e. The quantitative estimate of drug-likeness (QED) is 0.205. The van der Waals surface area contributed by atoms with Crippen molar-refractivity contribution in [1.29, 1.82) is 0 Å². The standard InChI is InChI=1S/C44H52N2/c1-41(2,3)28-17-18-39-36(23-28)38-25-31(44(10,11)12)24-37(40(38)46-39)35-26-32(19-27-15-13-14-16-34(27)35)45-33-21-29(42(4,5)6)20-30(22-33)43(7,8)9/h13-26,45-46H,1-12H3. The zero-order valence-corrected chi connectivity index (χ0v) is 30.1. The highest BCUT2D eigenvalue weighted by Crippen LogP contribution is 2.43. The van der Waals surface area contributed by atoms with Crippen molar-refractivity contribution in [3.05, 3.63) is 107 Å². The van der Waals surface area contributed by atoms with Gasteiger partial charge in [-0.15, -0.1) is 0 Å². The van der Waals surface area contributed by atoms with E-state index in [2.05, 4.69) is 178 Å². The Bertz CT molecular complexity index is 2060. The summed E-state index contributed by atoms with van der Waals surface area (Å²) in [6, 6.07) is 32.3. The van der Waals surface area contributed by atoms with Gasteiger partial charge in [-0.1, -0.05) is 119 Å². The van der Waals surface area contributed by atoms with E-state index in [1.165, 1.54) is 66.0 Å². The molecule has 0 fully saturated rings. The van der Waals surface area contributed by atoms with Crippen molar-refractivity contribution < 1.29 is 0 Å². The molecule has 0 radical (unpaired) electrons. The number of hydrogen-bond donors (Lipinski definition) is 2. The van der Waals surface area contributed by atoms with Gasteiger partial charge in [0.05, 0.1) is 5.52 Å². The van der Waals surface area contributed by atoms with Gasteiger partial charge in [-0.2, -0.15) is 0 Å². The van der Waals surface area contributed by atoms with E-state index in [0.717, 1.165) is 11.4 Å². The minimum absolute atomic E-state index is 0.00339. The second-order valence-corrected chi connectivity index (χ2v) is 17.5. The monoisotopic (exact) mass is 608 g/mol. The topological polar surface area (TPSA) is 27.8 Å². The van der Waals surface area contributed by atoms with Gasteiger partial charge >= 0.3 is 0 Å². The smallest absolute Gasteiger partial charge is 0.0544 e. The van der Waals surface area contributed by atoms with Crippen molar-refractivity contribution in [2.24, 2.45) is 0 Å².